The number of nitriles is 1. The second kappa shape index (κ2) is 14.8. The Labute approximate surface area is 210 Å². The van der Waals surface area contributed by atoms with Gasteiger partial charge >= 0.3 is 11.9 Å². The number of unbranched alkanes of at least 4 members (excludes halogenated alkanes) is 1. The molecule has 3 aliphatic rings. The van der Waals surface area contributed by atoms with E-state index in [0.29, 0.717) is 12.5 Å². The van der Waals surface area contributed by atoms with Gasteiger partial charge < -0.3 is 14.2 Å². The molecule has 192 valence electrons. The number of carbonyl (C=O) groups is 2. The van der Waals surface area contributed by atoms with Gasteiger partial charge in [0.25, 0.3) is 0 Å². The van der Waals surface area contributed by atoms with Crippen LogP contribution < -0.4 is 0 Å². The van der Waals surface area contributed by atoms with Gasteiger partial charge in [-0.25, -0.2) is 4.79 Å². The van der Waals surface area contributed by atoms with E-state index in [2.05, 4.69) is 29.6 Å². The number of esters is 2. The number of nitrogens with zero attached hydrogens (tertiary/aromatic N) is 1. The van der Waals surface area contributed by atoms with Crippen LogP contribution in [0.25, 0.3) is 0 Å². The van der Waals surface area contributed by atoms with Gasteiger partial charge in [0.15, 0.2) is 12.2 Å². The highest BCUT2D eigenvalue weighted by Gasteiger charge is 2.33. The average Bonchev–Trinajstić information content (AvgIpc) is 2.90. The van der Waals surface area contributed by atoms with Crippen LogP contribution >= 0.6 is 0 Å². The minimum absolute atomic E-state index is 0.0329. The minimum Gasteiger partial charge on any atom is -0.462 e. The molecule has 35 heavy (non-hydrogen) atoms. The van der Waals surface area contributed by atoms with Crippen LogP contribution in [0.2, 0.25) is 0 Å². The van der Waals surface area contributed by atoms with Crippen molar-refractivity contribution in [1.82, 2.24) is 0 Å². The van der Waals surface area contributed by atoms with Crippen LogP contribution in [0.4, 0.5) is 0 Å². The second-order valence-corrected chi connectivity index (χ2v) is 10.6. The lowest BCUT2D eigenvalue weighted by molar-refractivity contribution is -0.157. The molecule has 0 aromatic rings. The summed E-state index contributed by atoms with van der Waals surface area (Å²) >= 11 is 0. The van der Waals surface area contributed by atoms with Gasteiger partial charge in [0.2, 0.25) is 0 Å². The van der Waals surface area contributed by atoms with Crippen LogP contribution in [-0.4, -0.2) is 24.6 Å². The summed E-state index contributed by atoms with van der Waals surface area (Å²) in [6, 6.07) is 2.43. The number of ether oxygens (including phenoxy) is 3. The van der Waals surface area contributed by atoms with Crippen LogP contribution in [0.3, 0.4) is 0 Å². The molecule has 6 nitrogen and oxygen atoms in total. The van der Waals surface area contributed by atoms with Crippen molar-refractivity contribution < 1.29 is 23.8 Å². The average molecular weight is 484 g/mol. The van der Waals surface area contributed by atoms with Crippen molar-refractivity contribution in [2.24, 2.45) is 29.6 Å². The molecule has 0 bridgehead atoms. The first-order chi connectivity index (χ1) is 17.1. The molecule has 0 radical (unpaired) electrons. The molecule has 3 fully saturated rings. The third-order valence-electron chi connectivity index (χ3n) is 8.34. The normalized spacial score (nSPS) is 30.6. The van der Waals surface area contributed by atoms with Gasteiger partial charge in [-0.05, 0) is 108 Å². The van der Waals surface area contributed by atoms with Crippen molar-refractivity contribution in [1.29, 1.82) is 5.26 Å². The Hall–Kier alpha value is -2.47. The van der Waals surface area contributed by atoms with E-state index < -0.39 is 5.97 Å². The van der Waals surface area contributed by atoms with E-state index >= 15 is 0 Å². The Morgan fingerprint density at radius 3 is 2.14 bits per heavy atom. The van der Waals surface area contributed by atoms with Crippen molar-refractivity contribution in [2.75, 3.05) is 6.61 Å². The number of carbonyl (C=O) groups excluding carboxylic acids is 2. The molecule has 0 aromatic heterocycles. The molecule has 3 aliphatic carbocycles. The smallest absolute Gasteiger partial charge is 0.344 e. The Morgan fingerprint density at radius 2 is 1.51 bits per heavy atom. The van der Waals surface area contributed by atoms with Gasteiger partial charge in [-0.1, -0.05) is 13.0 Å². The maximum atomic E-state index is 12.8. The monoisotopic (exact) mass is 483 g/mol. The lowest BCUT2D eigenvalue weighted by atomic mass is 9.71. The van der Waals surface area contributed by atoms with E-state index in [-0.39, 0.29) is 23.9 Å². The fourth-order valence-electron chi connectivity index (χ4n) is 6.15. The highest BCUT2D eigenvalue weighted by molar-refractivity contribution is 5.82. The van der Waals surface area contributed by atoms with Crippen molar-refractivity contribution >= 4 is 11.9 Å². The van der Waals surface area contributed by atoms with Gasteiger partial charge in [0, 0.05) is 12.0 Å². The number of rotatable bonds is 9. The quantitative estimate of drug-likeness (QED) is 0.171. The molecule has 0 aliphatic heterocycles. The van der Waals surface area contributed by atoms with E-state index in [9.17, 15) is 9.59 Å². The summed E-state index contributed by atoms with van der Waals surface area (Å²) in [5, 5.41) is 9.11. The van der Waals surface area contributed by atoms with Gasteiger partial charge in [-0.3, -0.25) is 4.79 Å². The van der Waals surface area contributed by atoms with Crippen molar-refractivity contribution in [3.05, 3.63) is 12.7 Å². The fraction of sp³-hybridized carbons (Fsp3) is 0.759. The zero-order valence-electron chi connectivity index (χ0n) is 21.1. The maximum Gasteiger partial charge on any atom is 0.344 e. The van der Waals surface area contributed by atoms with E-state index in [0.717, 1.165) is 88.5 Å². The summed E-state index contributed by atoms with van der Waals surface area (Å²) in [5.41, 5.74) is 0. The molecule has 0 N–H and O–H groups in total. The summed E-state index contributed by atoms with van der Waals surface area (Å²) in [6.07, 6.45) is 21.8. The largest absolute Gasteiger partial charge is 0.462 e. The van der Waals surface area contributed by atoms with E-state index in [1.54, 1.807) is 0 Å². The predicted molar refractivity (Wildman–Crippen MR) is 132 cm³/mol. The number of hydrogen-bond donors (Lipinski definition) is 0. The van der Waals surface area contributed by atoms with Crippen LogP contribution in [0.5, 0.6) is 0 Å². The van der Waals surface area contributed by atoms with Crippen LogP contribution in [-0.2, 0) is 23.8 Å². The zero-order chi connectivity index (χ0) is 24.9. The maximum absolute atomic E-state index is 12.8. The van der Waals surface area contributed by atoms with E-state index in [1.165, 1.54) is 25.7 Å². The van der Waals surface area contributed by atoms with Crippen LogP contribution in [0.1, 0.15) is 96.3 Å². The molecular formula is C29H41NO5. The summed E-state index contributed by atoms with van der Waals surface area (Å²) in [5.74, 6) is 1.99. The molecule has 6 heteroatoms. The van der Waals surface area contributed by atoms with E-state index in [1.807, 2.05) is 0 Å². The molecule has 0 saturated heterocycles. The molecular weight excluding hydrogens is 442 g/mol. The first kappa shape index (κ1) is 27.1. The van der Waals surface area contributed by atoms with Gasteiger partial charge in [0.05, 0.1) is 12.0 Å². The second-order valence-electron chi connectivity index (χ2n) is 10.6. The molecule has 0 heterocycles. The molecule has 0 atom stereocenters. The lowest BCUT2D eigenvalue weighted by Crippen LogP contribution is -2.32. The van der Waals surface area contributed by atoms with Gasteiger partial charge in [-0.2, -0.15) is 5.26 Å². The third-order valence-corrected chi connectivity index (χ3v) is 8.34. The summed E-state index contributed by atoms with van der Waals surface area (Å²) in [6.45, 7) is 3.81. The molecule has 0 aromatic carbocycles. The van der Waals surface area contributed by atoms with Crippen molar-refractivity contribution in [3.63, 3.8) is 0 Å². The fourth-order valence-corrected chi connectivity index (χ4v) is 6.15. The third kappa shape index (κ3) is 9.25. The highest BCUT2D eigenvalue weighted by atomic mass is 16.5. The highest BCUT2D eigenvalue weighted by Crippen LogP contribution is 2.41. The topological polar surface area (TPSA) is 85.6 Å². The minimum atomic E-state index is -0.584. The van der Waals surface area contributed by atoms with Gasteiger partial charge in [-0.15, -0.1) is 0 Å². The molecule has 0 unspecified atom stereocenters. The van der Waals surface area contributed by atoms with Crippen LogP contribution in [0.15, 0.2) is 12.7 Å². The Kier molecular flexibility index (Phi) is 11.5. The molecule has 3 saturated carbocycles. The number of hydrogen-bond acceptors (Lipinski definition) is 6. The zero-order valence-corrected chi connectivity index (χ0v) is 21.1. The van der Waals surface area contributed by atoms with Crippen molar-refractivity contribution in [2.45, 2.75) is 102 Å². The van der Waals surface area contributed by atoms with Gasteiger partial charge in [0.1, 0.15) is 12.7 Å². The lowest BCUT2D eigenvalue weighted by Gasteiger charge is -2.37. The summed E-state index contributed by atoms with van der Waals surface area (Å²) in [7, 11) is 0. The summed E-state index contributed by atoms with van der Waals surface area (Å²) < 4.78 is 15.6. The molecule has 3 rings (SSSR count). The Morgan fingerprint density at radius 1 is 0.857 bits per heavy atom. The first-order valence-electron chi connectivity index (χ1n) is 13.6. The molecule has 0 amide bonds. The standard InChI is InChI=1S/C29H41NO5/c1-2-28(31)34-20-19-33-18-4-3-5-22-6-12-26(13-7-22)29(32)35-27-16-14-25(15-17-27)24-10-8-23(21-30)9-11-24/h2,22-27H,1,3-18H2. The SMILES string of the molecule is C=CC(=O)OC#COCCCCC1CCC(C(=O)OC2CCC(C3CCC(C#N)CC3)CC2)CC1. The molecule has 0 spiro atoms. The predicted octanol–water partition coefficient (Wildman–Crippen LogP) is 6.06. The van der Waals surface area contributed by atoms with E-state index in [4.69, 9.17) is 14.7 Å². The Balaban J connectivity index is 1.22. The van der Waals surface area contributed by atoms with Crippen LogP contribution in [0, 0.1) is 53.1 Å². The van der Waals surface area contributed by atoms with Crippen molar-refractivity contribution in [3.8, 4) is 18.3 Å². The first-order valence-corrected chi connectivity index (χ1v) is 13.6. The Bertz CT molecular complexity index is 782. The summed E-state index contributed by atoms with van der Waals surface area (Å²) in [4.78, 5) is 23.6.